The first-order valence-corrected chi connectivity index (χ1v) is 7.07. The van der Waals surface area contributed by atoms with Crippen molar-refractivity contribution in [2.45, 2.75) is 6.10 Å². The lowest BCUT2D eigenvalue weighted by Gasteiger charge is -2.35. The standard InChI is InChI=1S/C14H18FN3O5/c1-16(9-14(19)20)7-11-8-17(4-5-23-11)12-3-2-10(15)6-13(12)18(21)22/h2-3,6,11H,4-5,7-9H2,1H3,(H,19,20). The Morgan fingerprint density at radius 3 is 3.00 bits per heavy atom. The minimum Gasteiger partial charge on any atom is -0.480 e. The molecule has 1 aromatic rings. The molecule has 0 aromatic heterocycles. The number of nitro groups is 1. The molecule has 1 N–H and O–H groups in total. The van der Waals surface area contributed by atoms with Gasteiger partial charge in [0.05, 0.1) is 30.2 Å². The second-order valence-electron chi connectivity index (χ2n) is 5.42. The average molecular weight is 327 g/mol. The molecular weight excluding hydrogens is 309 g/mol. The van der Waals surface area contributed by atoms with Crippen LogP contribution in [-0.2, 0) is 9.53 Å². The Balaban J connectivity index is 2.09. The van der Waals surface area contributed by atoms with Crippen molar-refractivity contribution < 1.29 is 24.0 Å². The van der Waals surface area contributed by atoms with Gasteiger partial charge < -0.3 is 14.7 Å². The van der Waals surface area contributed by atoms with Crippen LogP contribution in [0.1, 0.15) is 0 Å². The number of nitro benzene ring substituents is 1. The summed E-state index contributed by atoms with van der Waals surface area (Å²) in [5.74, 6) is -1.60. The Bertz CT molecular complexity index is 598. The van der Waals surface area contributed by atoms with Crippen LogP contribution < -0.4 is 4.90 Å². The number of morpholine rings is 1. The van der Waals surface area contributed by atoms with Crippen molar-refractivity contribution in [1.82, 2.24) is 4.90 Å². The fraction of sp³-hybridized carbons (Fsp3) is 0.500. The fourth-order valence-electron chi connectivity index (χ4n) is 2.60. The number of carbonyl (C=O) groups is 1. The van der Waals surface area contributed by atoms with Gasteiger partial charge in [-0.05, 0) is 19.2 Å². The summed E-state index contributed by atoms with van der Waals surface area (Å²) in [5.41, 5.74) is 0.0510. The van der Waals surface area contributed by atoms with Gasteiger partial charge in [-0.15, -0.1) is 0 Å². The molecule has 1 fully saturated rings. The first-order valence-electron chi connectivity index (χ1n) is 7.07. The molecule has 2 rings (SSSR count). The molecule has 1 aromatic carbocycles. The Kier molecular flexibility index (Phi) is 5.45. The van der Waals surface area contributed by atoms with E-state index in [4.69, 9.17) is 9.84 Å². The van der Waals surface area contributed by atoms with E-state index in [1.807, 2.05) is 0 Å². The number of rotatable bonds is 6. The molecule has 1 saturated heterocycles. The van der Waals surface area contributed by atoms with Gasteiger partial charge in [0, 0.05) is 19.6 Å². The Morgan fingerprint density at radius 1 is 1.61 bits per heavy atom. The van der Waals surface area contributed by atoms with Gasteiger partial charge in [0.25, 0.3) is 5.69 Å². The van der Waals surface area contributed by atoms with Crippen LogP contribution in [0.5, 0.6) is 0 Å². The number of aliphatic carboxylic acids is 1. The molecular formula is C14H18FN3O5. The molecule has 0 spiro atoms. The predicted molar refractivity (Wildman–Crippen MR) is 80.1 cm³/mol. The minimum atomic E-state index is -0.936. The van der Waals surface area contributed by atoms with Gasteiger partial charge in [0.15, 0.2) is 0 Å². The van der Waals surface area contributed by atoms with Crippen molar-refractivity contribution in [3.63, 3.8) is 0 Å². The summed E-state index contributed by atoms with van der Waals surface area (Å²) in [7, 11) is 1.66. The molecule has 8 nitrogen and oxygen atoms in total. The van der Waals surface area contributed by atoms with E-state index in [1.54, 1.807) is 16.8 Å². The first kappa shape index (κ1) is 17.1. The molecule has 0 saturated carbocycles. The van der Waals surface area contributed by atoms with Crippen LogP contribution in [0.2, 0.25) is 0 Å². The van der Waals surface area contributed by atoms with E-state index in [9.17, 15) is 19.3 Å². The van der Waals surface area contributed by atoms with Crippen LogP contribution in [0.15, 0.2) is 18.2 Å². The molecule has 126 valence electrons. The second-order valence-corrected chi connectivity index (χ2v) is 5.42. The lowest BCUT2D eigenvalue weighted by atomic mass is 10.2. The number of hydrogen-bond donors (Lipinski definition) is 1. The van der Waals surface area contributed by atoms with Crippen molar-refractivity contribution in [1.29, 1.82) is 0 Å². The molecule has 9 heteroatoms. The maximum Gasteiger partial charge on any atom is 0.317 e. The maximum atomic E-state index is 13.2. The number of carboxylic acid groups (broad SMARTS) is 1. The number of halogens is 1. The molecule has 0 bridgehead atoms. The third-order valence-corrected chi connectivity index (χ3v) is 3.53. The van der Waals surface area contributed by atoms with E-state index in [-0.39, 0.29) is 18.3 Å². The smallest absolute Gasteiger partial charge is 0.317 e. The van der Waals surface area contributed by atoms with Crippen LogP contribution in [0.25, 0.3) is 0 Å². The van der Waals surface area contributed by atoms with E-state index in [1.165, 1.54) is 12.1 Å². The SMILES string of the molecule is CN(CC(=O)O)CC1CN(c2ccc(F)cc2[N+](=O)[O-])CCO1. The van der Waals surface area contributed by atoms with E-state index in [0.29, 0.717) is 31.9 Å². The highest BCUT2D eigenvalue weighted by molar-refractivity contribution is 5.69. The van der Waals surface area contributed by atoms with Gasteiger partial charge in [0.1, 0.15) is 11.5 Å². The molecule has 0 amide bonds. The summed E-state index contributed by atoms with van der Waals surface area (Å²) in [6, 6.07) is 3.47. The highest BCUT2D eigenvalue weighted by atomic mass is 19.1. The Hall–Kier alpha value is -2.26. The molecule has 1 atom stereocenters. The number of carboxylic acids is 1. The van der Waals surface area contributed by atoms with Crippen molar-refractivity contribution in [3.8, 4) is 0 Å². The average Bonchev–Trinajstić information content (AvgIpc) is 2.46. The lowest BCUT2D eigenvalue weighted by molar-refractivity contribution is -0.384. The van der Waals surface area contributed by atoms with Crippen molar-refractivity contribution in [2.24, 2.45) is 0 Å². The molecule has 0 aliphatic carbocycles. The van der Waals surface area contributed by atoms with E-state index in [2.05, 4.69) is 0 Å². The van der Waals surface area contributed by atoms with Crippen LogP contribution in [0.4, 0.5) is 15.8 Å². The first-order chi connectivity index (χ1) is 10.9. The zero-order valence-electron chi connectivity index (χ0n) is 12.6. The van der Waals surface area contributed by atoms with Gasteiger partial charge >= 0.3 is 5.97 Å². The normalized spacial score (nSPS) is 18.2. The molecule has 1 aliphatic rings. The van der Waals surface area contributed by atoms with E-state index >= 15 is 0 Å². The summed E-state index contributed by atoms with van der Waals surface area (Å²) in [4.78, 5) is 24.5. The fourth-order valence-corrected chi connectivity index (χ4v) is 2.60. The third kappa shape index (κ3) is 4.60. The van der Waals surface area contributed by atoms with Gasteiger partial charge in [-0.1, -0.05) is 0 Å². The van der Waals surface area contributed by atoms with Crippen LogP contribution >= 0.6 is 0 Å². The number of nitrogens with zero attached hydrogens (tertiary/aromatic N) is 3. The van der Waals surface area contributed by atoms with E-state index in [0.717, 1.165) is 6.07 Å². The molecule has 0 radical (unpaired) electrons. The van der Waals surface area contributed by atoms with Crippen LogP contribution in [-0.4, -0.2) is 66.8 Å². The summed E-state index contributed by atoms with van der Waals surface area (Å²) in [6.45, 7) is 1.45. The van der Waals surface area contributed by atoms with Crippen molar-refractivity contribution in [3.05, 3.63) is 34.1 Å². The zero-order chi connectivity index (χ0) is 17.0. The minimum absolute atomic E-state index is 0.115. The topological polar surface area (TPSA) is 96.2 Å². The highest BCUT2D eigenvalue weighted by Crippen LogP contribution is 2.30. The second kappa shape index (κ2) is 7.34. The number of anilines is 1. The molecule has 1 unspecified atom stereocenters. The van der Waals surface area contributed by atoms with Crippen LogP contribution in [0, 0.1) is 15.9 Å². The monoisotopic (exact) mass is 327 g/mol. The summed E-state index contributed by atoms with van der Waals surface area (Å²) < 4.78 is 18.8. The van der Waals surface area contributed by atoms with Gasteiger partial charge in [-0.2, -0.15) is 0 Å². The Labute approximate surface area is 132 Å². The van der Waals surface area contributed by atoms with E-state index < -0.39 is 16.7 Å². The summed E-state index contributed by atoms with van der Waals surface area (Å²) >= 11 is 0. The maximum absolute atomic E-state index is 13.2. The third-order valence-electron chi connectivity index (χ3n) is 3.53. The van der Waals surface area contributed by atoms with Gasteiger partial charge in [-0.25, -0.2) is 4.39 Å². The summed E-state index contributed by atoms with van der Waals surface area (Å²) in [6.07, 6.45) is -0.280. The molecule has 1 aliphatic heterocycles. The quantitative estimate of drug-likeness (QED) is 0.614. The van der Waals surface area contributed by atoms with Crippen molar-refractivity contribution in [2.75, 3.05) is 44.7 Å². The van der Waals surface area contributed by atoms with Gasteiger partial charge in [0.2, 0.25) is 0 Å². The Morgan fingerprint density at radius 2 is 2.35 bits per heavy atom. The predicted octanol–water partition coefficient (Wildman–Crippen LogP) is 0.955. The molecule has 1 heterocycles. The zero-order valence-corrected chi connectivity index (χ0v) is 12.6. The van der Waals surface area contributed by atoms with Crippen molar-refractivity contribution >= 4 is 17.3 Å². The van der Waals surface area contributed by atoms with Gasteiger partial charge in [-0.3, -0.25) is 19.8 Å². The molecule has 23 heavy (non-hydrogen) atoms. The largest absolute Gasteiger partial charge is 0.480 e. The number of benzene rings is 1. The lowest BCUT2D eigenvalue weighted by Crippen LogP contribution is -2.47. The van der Waals surface area contributed by atoms with Crippen LogP contribution in [0.3, 0.4) is 0 Å². The highest BCUT2D eigenvalue weighted by Gasteiger charge is 2.27. The number of hydrogen-bond acceptors (Lipinski definition) is 6. The number of ether oxygens (including phenoxy) is 1. The summed E-state index contributed by atoms with van der Waals surface area (Å²) in [5, 5.41) is 19.9. The number of likely N-dealkylation sites (N-methyl/N-ethyl adjacent to an activating group) is 1.